The Hall–Kier alpha value is -7.34. The second kappa shape index (κ2) is 26.8. The molecule has 4 aromatic heterocycles. The lowest BCUT2D eigenvalue weighted by Crippen LogP contribution is -2.25. The van der Waals surface area contributed by atoms with Gasteiger partial charge in [0.2, 0.25) is 29.6 Å². The number of imidazole rings is 2. The number of aromatic nitrogens is 8. The van der Waals surface area contributed by atoms with Gasteiger partial charge in [-0.1, -0.05) is 28.2 Å². The van der Waals surface area contributed by atoms with Crippen molar-refractivity contribution >= 4 is 91.4 Å². The van der Waals surface area contributed by atoms with Gasteiger partial charge in [-0.2, -0.15) is 10.2 Å². The monoisotopic (exact) mass is 1030 g/mol. The minimum atomic E-state index is -0.679. The van der Waals surface area contributed by atoms with E-state index in [-0.39, 0.29) is 36.2 Å². The molecule has 6 rings (SSSR count). The fourth-order valence-corrected chi connectivity index (χ4v) is 9.25. The molecule has 4 amide bonds. The molecule has 0 fully saturated rings. The number of primary amides is 2. The summed E-state index contributed by atoms with van der Waals surface area (Å²) in [4.78, 5) is 81.9. The van der Waals surface area contributed by atoms with Gasteiger partial charge in [-0.05, 0) is 90.3 Å². The molecule has 0 aliphatic heterocycles. The molecule has 72 heavy (non-hydrogen) atoms. The van der Waals surface area contributed by atoms with Crippen molar-refractivity contribution in [3.63, 3.8) is 0 Å². The van der Waals surface area contributed by atoms with E-state index in [2.05, 4.69) is 37.7 Å². The lowest BCUT2D eigenvalue weighted by Gasteiger charge is -2.15. The van der Waals surface area contributed by atoms with Crippen molar-refractivity contribution in [1.29, 1.82) is 0 Å². The van der Waals surface area contributed by atoms with Gasteiger partial charge in [-0.15, -0.1) is 0 Å². The summed E-state index contributed by atoms with van der Waals surface area (Å²) < 4.78 is 24.1. The highest BCUT2D eigenvalue weighted by Crippen LogP contribution is 2.33. The first-order valence-corrected chi connectivity index (χ1v) is 25.7. The smallest absolute Gasteiger partial charge is 0.333 e. The molecule has 24 heteroatoms. The summed E-state index contributed by atoms with van der Waals surface area (Å²) in [6, 6.07) is 9.81. The minimum Gasteiger partial charge on any atom is -0.494 e. The van der Waals surface area contributed by atoms with E-state index in [1.54, 1.807) is 59.7 Å². The van der Waals surface area contributed by atoms with Gasteiger partial charge in [0.1, 0.15) is 40.5 Å². The molecule has 386 valence electrons. The number of nitrogens with one attached hydrogen (secondary N) is 3. The van der Waals surface area contributed by atoms with Crippen molar-refractivity contribution in [2.45, 2.75) is 86.5 Å². The lowest BCUT2D eigenvalue weighted by atomic mass is 10.1. The zero-order chi connectivity index (χ0) is 52.5. The third-order valence-corrected chi connectivity index (χ3v) is 13.2. The van der Waals surface area contributed by atoms with Gasteiger partial charge in [0, 0.05) is 74.4 Å². The van der Waals surface area contributed by atoms with Gasteiger partial charge in [0.15, 0.2) is 6.29 Å². The summed E-state index contributed by atoms with van der Waals surface area (Å²) in [5.74, 6) is 0.567. The van der Waals surface area contributed by atoms with Crippen LogP contribution in [0.15, 0.2) is 48.6 Å². The number of fused-ring (bicyclic) bond motifs is 2. The highest BCUT2D eigenvalue weighted by molar-refractivity contribution is 8.76. The number of benzene rings is 2. The number of methoxy groups -OCH3 is 1. The first-order chi connectivity index (χ1) is 34.5. The largest absolute Gasteiger partial charge is 0.494 e. The maximum absolute atomic E-state index is 13.7. The maximum atomic E-state index is 13.7. The van der Waals surface area contributed by atoms with Crippen molar-refractivity contribution in [3.05, 3.63) is 82.5 Å². The summed E-state index contributed by atoms with van der Waals surface area (Å²) in [5, 5.41) is 17.5. The quantitative estimate of drug-likeness (QED) is 0.0136. The van der Waals surface area contributed by atoms with Crippen LogP contribution in [0.5, 0.6) is 11.5 Å². The van der Waals surface area contributed by atoms with Crippen LogP contribution in [0, 0.1) is 13.8 Å². The molecule has 7 N–H and O–H groups in total. The van der Waals surface area contributed by atoms with Crippen LogP contribution >= 0.6 is 21.6 Å². The van der Waals surface area contributed by atoms with Crippen LogP contribution < -0.4 is 36.9 Å². The molecule has 0 aliphatic rings. The van der Waals surface area contributed by atoms with Gasteiger partial charge in [0.05, 0.1) is 36.1 Å². The number of unbranched alkanes of at least 4 members (excludes halogenated alkanes) is 1. The van der Waals surface area contributed by atoms with Crippen molar-refractivity contribution < 1.29 is 43.0 Å². The lowest BCUT2D eigenvalue weighted by molar-refractivity contribution is -0.138. The Balaban J connectivity index is 0.000000856. The molecule has 0 saturated carbocycles. The van der Waals surface area contributed by atoms with Crippen LogP contribution in [0.3, 0.4) is 0 Å². The number of ether oxygens (including phenoxy) is 3. The Morgan fingerprint density at radius 1 is 0.778 bits per heavy atom. The second-order valence-electron chi connectivity index (χ2n) is 16.2. The van der Waals surface area contributed by atoms with Gasteiger partial charge >= 0.3 is 5.97 Å². The van der Waals surface area contributed by atoms with E-state index in [0.717, 1.165) is 18.5 Å². The summed E-state index contributed by atoms with van der Waals surface area (Å²) in [7, 11) is 6.31. The molecule has 4 heterocycles. The number of hydrogen-bond acceptors (Lipinski definition) is 16. The van der Waals surface area contributed by atoms with E-state index >= 15 is 0 Å². The van der Waals surface area contributed by atoms with Crippen molar-refractivity contribution in [1.82, 2.24) is 44.0 Å². The van der Waals surface area contributed by atoms with Crippen molar-refractivity contribution in [2.75, 3.05) is 56.1 Å². The van der Waals surface area contributed by atoms with E-state index in [4.69, 9.17) is 30.7 Å². The molecule has 2 aromatic carbocycles. The number of hydrogen-bond donors (Lipinski definition) is 5. The Labute approximate surface area is 424 Å². The van der Waals surface area contributed by atoms with Crippen LogP contribution in [0.1, 0.15) is 99.5 Å². The maximum Gasteiger partial charge on any atom is 0.333 e. The van der Waals surface area contributed by atoms with Crippen LogP contribution in [0.4, 0.5) is 11.9 Å². The highest BCUT2D eigenvalue weighted by atomic mass is 33.1. The highest BCUT2D eigenvalue weighted by Gasteiger charge is 2.23. The van der Waals surface area contributed by atoms with E-state index in [9.17, 15) is 28.8 Å². The van der Waals surface area contributed by atoms with E-state index in [1.807, 2.05) is 36.8 Å². The first-order valence-electron chi connectivity index (χ1n) is 23.3. The van der Waals surface area contributed by atoms with Gasteiger partial charge in [-0.25, -0.2) is 14.8 Å². The van der Waals surface area contributed by atoms with Gasteiger partial charge in [-0.3, -0.25) is 38.7 Å². The molecule has 0 unspecified atom stereocenters. The number of aldehydes is 1. The Morgan fingerprint density at radius 3 is 1.94 bits per heavy atom. The third kappa shape index (κ3) is 14.6. The fraction of sp³-hybridized carbons (Fsp3) is 0.417. The molecule has 0 aliphatic carbocycles. The molecular formula is C48H63N13O9S2. The van der Waals surface area contributed by atoms with Crippen LogP contribution in [0.2, 0.25) is 0 Å². The Bertz CT molecular complexity index is 2920. The summed E-state index contributed by atoms with van der Waals surface area (Å²) in [6.45, 7) is 15.6. The number of anilines is 2. The fourth-order valence-electron chi connectivity index (χ4n) is 7.43. The average Bonchev–Trinajstić information content (AvgIpc) is 4.13. The SMILES string of the molecule is C=C(C)C(=O)OCCSSCCC(=O)NCCCOc1cc(C(N)=O)cc2nc(NC(=O)c3cc(C)nn3CC)n(CCCCn3c(NC)nc4cc(C(N)=O)cc(OC)c43)c12.CCn1nc(C)cc1C=O. The molecule has 0 saturated heterocycles. The molecule has 0 radical (unpaired) electrons. The number of amides is 4. The van der Waals surface area contributed by atoms with Crippen molar-refractivity contribution in [3.8, 4) is 11.5 Å². The predicted molar refractivity (Wildman–Crippen MR) is 279 cm³/mol. The third-order valence-electron chi connectivity index (χ3n) is 10.8. The number of carbonyl (C=O) groups excluding carboxylic acids is 6. The Morgan fingerprint density at radius 2 is 1.36 bits per heavy atom. The molecule has 0 atom stereocenters. The topological polar surface area (TPSA) is 290 Å². The number of nitrogens with zero attached hydrogens (tertiary/aromatic N) is 8. The average molecular weight is 1030 g/mol. The van der Waals surface area contributed by atoms with Crippen molar-refractivity contribution in [2.24, 2.45) is 11.5 Å². The summed E-state index contributed by atoms with van der Waals surface area (Å²) in [5.41, 5.74) is 16.9. The Kier molecular flexibility index (Phi) is 20.7. The second-order valence-corrected chi connectivity index (χ2v) is 18.9. The van der Waals surface area contributed by atoms with Crippen LogP contribution in [0.25, 0.3) is 22.1 Å². The number of nitrogens with two attached hydrogens (primary N) is 2. The number of rotatable bonds is 27. The molecule has 0 bridgehead atoms. The number of aryl methyl sites for hydroxylation is 6. The molecule has 22 nitrogen and oxygen atoms in total. The summed E-state index contributed by atoms with van der Waals surface area (Å²) >= 11 is 0. The van der Waals surface area contributed by atoms with E-state index in [1.165, 1.54) is 28.7 Å². The predicted octanol–water partition coefficient (Wildman–Crippen LogP) is 5.69. The standard InChI is InChI=1S/C41H53N11O8S2.C7H10N2O/c1-7-52-30(19-25(4)49-52)38(56)48-41-47-29-21-27(37(43)55)23-32(59-15-10-12-45-33(53)11-17-61-62-18-16-60-39(57)24(2)3)35(29)51(41)14-9-8-13-50-34-28(46-40(50)44-5)20-26(36(42)54)22-31(34)58-6;1-3-9-7(5-10)4-6(2)8-9/h19-23H,2,7-18H2,1,3-6H3,(H2,42,54)(H2,43,55)(H,44,46)(H,45,53)(H,47,48,56);4-5H,3H2,1-2H3. The molecule has 0 spiro atoms. The zero-order valence-corrected chi connectivity index (χ0v) is 43.3. The van der Waals surface area contributed by atoms with Gasteiger partial charge < -0.3 is 45.4 Å². The summed E-state index contributed by atoms with van der Waals surface area (Å²) in [6.07, 6.45) is 2.82. The number of carbonyl (C=O) groups is 6. The molecular weight excluding hydrogens is 967 g/mol. The number of esters is 1. The zero-order valence-electron chi connectivity index (χ0n) is 41.7. The molecule has 6 aromatic rings. The first kappa shape index (κ1) is 55.6. The van der Waals surface area contributed by atoms with Gasteiger partial charge in [0.25, 0.3) is 5.91 Å². The van der Waals surface area contributed by atoms with E-state index < -0.39 is 23.7 Å². The normalized spacial score (nSPS) is 10.9. The van der Waals surface area contributed by atoms with Crippen LogP contribution in [-0.4, -0.2) is 120 Å². The van der Waals surface area contributed by atoms with E-state index in [0.29, 0.717) is 126 Å². The van der Waals surface area contributed by atoms with Crippen LogP contribution in [-0.2, 0) is 40.5 Å². The minimum absolute atomic E-state index is 0.109.